The van der Waals surface area contributed by atoms with E-state index in [9.17, 15) is 0 Å². The van der Waals surface area contributed by atoms with Gasteiger partial charge in [-0.25, -0.2) is 9.97 Å². The maximum Gasteiger partial charge on any atom is 0.161 e. The number of hydrogen-bond acceptors (Lipinski definition) is 3. The fraction of sp³-hybridized carbons (Fsp3) is 0.333. The molecule has 1 aromatic carbocycles. The fourth-order valence-corrected chi connectivity index (χ4v) is 2.18. The van der Waals surface area contributed by atoms with Crippen LogP contribution in [-0.4, -0.2) is 16.5 Å². The second kappa shape index (κ2) is 6.32. The topological polar surface area (TPSA) is 37.8 Å². The second-order valence-electron chi connectivity index (χ2n) is 4.59. The standard InChI is InChI=1S/C15H18IN3/c1-4-9-17-15-13(16)11(3)18-14(19-15)12-7-5-10(2)6-8-12/h5-8H,4,9H2,1-3H3,(H,17,18,19). The summed E-state index contributed by atoms with van der Waals surface area (Å²) in [5.41, 5.74) is 3.32. The molecule has 1 heterocycles. The Labute approximate surface area is 128 Å². The molecule has 1 N–H and O–H groups in total. The van der Waals surface area contributed by atoms with E-state index in [2.05, 4.69) is 76.0 Å². The smallest absolute Gasteiger partial charge is 0.161 e. The van der Waals surface area contributed by atoms with Crippen LogP contribution in [0.4, 0.5) is 5.82 Å². The van der Waals surface area contributed by atoms with Gasteiger partial charge in [-0.05, 0) is 42.9 Å². The minimum Gasteiger partial charge on any atom is -0.369 e. The van der Waals surface area contributed by atoms with Crippen LogP contribution in [0, 0.1) is 17.4 Å². The first-order valence-electron chi connectivity index (χ1n) is 6.47. The number of rotatable bonds is 4. The average molecular weight is 367 g/mol. The minimum atomic E-state index is 0.788. The summed E-state index contributed by atoms with van der Waals surface area (Å²) in [5.74, 6) is 1.72. The van der Waals surface area contributed by atoms with E-state index in [1.54, 1.807) is 0 Å². The number of hydrogen-bond donors (Lipinski definition) is 1. The van der Waals surface area contributed by atoms with Crippen molar-refractivity contribution in [3.05, 3.63) is 39.1 Å². The first kappa shape index (κ1) is 14.2. The quantitative estimate of drug-likeness (QED) is 0.824. The van der Waals surface area contributed by atoms with Crippen LogP contribution in [0.15, 0.2) is 24.3 Å². The summed E-state index contributed by atoms with van der Waals surface area (Å²) in [5, 5.41) is 3.37. The van der Waals surface area contributed by atoms with Crippen LogP contribution in [0.3, 0.4) is 0 Å². The highest BCUT2D eigenvalue weighted by atomic mass is 127. The van der Waals surface area contributed by atoms with E-state index < -0.39 is 0 Å². The first-order chi connectivity index (χ1) is 9.11. The van der Waals surface area contributed by atoms with Crippen molar-refractivity contribution in [2.24, 2.45) is 0 Å². The van der Waals surface area contributed by atoms with Crippen molar-refractivity contribution in [1.82, 2.24) is 9.97 Å². The summed E-state index contributed by atoms with van der Waals surface area (Å²) in [6.07, 6.45) is 1.08. The molecule has 0 saturated carbocycles. The van der Waals surface area contributed by atoms with Crippen LogP contribution < -0.4 is 5.32 Å². The van der Waals surface area contributed by atoms with Gasteiger partial charge in [-0.2, -0.15) is 0 Å². The van der Waals surface area contributed by atoms with Gasteiger partial charge in [0.15, 0.2) is 5.82 Å². The Kier molecular flexibility index (Phi) is 4.74. The van der Waals surface area contributed by atoms with Crippen LogP contribution in [0.5, 0.6) is 0 Å². The van der Waals surface area contributed by atoms with E-state index in [0.717, 1.165) is 39.4 Å². The molecule has 0 spiro atoms. The highest BCUT2D eigenvalue weighted by Crippen LogP contribution is 2.23. The Hall–Kier alpha value is -1.17. The predicted octanol–water partition coefficient (Wildman–Crippen LogP) is 4.19. The molecule has 0 radical (unpaired) electrons. The van der Waals surface area contributed by atoms with Crippen molar-refractivity contribution < 1.29 is 0 Å². The van der Waals surface area contributed by atoms with E-state index in [4.69, 9.17) is 0 Å². The van der Waals surface area contributed by atoms with E-state index in [0.29, 0.717) is 0 Å². The fourth-order valence-electron chi connectivity index (χ4n) is 1.75. The third kappa shape index (κ3) is 3.43. The third-order valence-corrected chi connectivity index (χ3v) is 4.16. The van der Waals surface area contributed by atoms with Gasteiger partial charge >= 0.3 is 0 Å². The van der Waals surface area contributed by atoms with Gasteiger partial charge in [-0.15, -0.1) is 0 Å². The number of nitrogens with one attached hydrogen (secondary N) is 1. The molecule has 2 aromatic rings. The molecule has 100 valence electrons. The summed E-state index contributed by atoms with van der Waals surface area (Å²) in [6.45, 7) is 7.19. The molecule has 0 aliphatic heterocycles. The van der Waals surface area contributed by atoms with Crippen LogP contribution in [0.25, 0.3) is 11.4 Å². The Morgan fingerprint density at radius 2 is 1.79 bits per heavy atom. The van der Waals surface area contributed by atoms with Gasteiger partial charge in [0.1, 0.15) is 5.82 Å². The zero-order valence-corrected chi connectivity index (χ0v) is 13.7. The summed E-state index contributed by atoms with van der Waals surface area (Å²) < 4.78 is 1.10. The van der Waals surface area contributed by atoms with Crippen molar-refractivity contribution in [3.63, 3.8) is 0 Å². The number of benzene rings is 1. The molecule has 4 heteroatoms. The average Bonchev–Trinajstić information content (AvgIpc) is 2.41. The van der Waals surface area contributed by atoms with Crippen LogP contribution in [0.2, 0.25) is 0 Å². The number of halogens is 1. The molecule has 3 nitrogen and oxygen atoms in total. The minimum absolute atomic E-state index is 0.788. The zero-order chi connectivity index (χ0) is 13.8. The first-order valence-corrected chi connectivity index (χ1v) is 7.54. The highest BCUT2D eigenvalue weighted by molar-refractivity contribution is 14.1. The normalized spacial score (nSPS) is 10.5. The molecule has 0 aliphatic rings. The summed E-state index contributed by atoms with van der Waals surface area (Å²) in [7, 11) is 0. The van der Waals surface area contributed by atoms with Crippen molar-refractivity contribution in [3.8, 4) is 11.4 Å². The predicted molar refractivity (Wildman–Crippen MR) is 88.4 cm³/mol. The van der Waals surface area contributed by atoms with E-state index in [1.807, 2.05) is 6.92 Å². The molecule has 1 aromatic heterocycles. The monoisotopic (exact) mass is 367 g/mol. The van der Waals surface area contributed by atoms with Crippen molar-refractivity contribution >= 4 is 28.4 Å². The maximum absolute atomic E-state index is 4.64. The largest absolute Gasteiger partial charge is 0.369 e. The molecule has 19 heavy (non-hydrogen) atoms. The number of aryl methyl sites for hydroxylation is 2. The molecule has 0 fully saturated rings. The van der Waals surface area contributed by atoms with Crippen LogP contribution in [0.1, 0.15) is 24.6 Å². The lowest BCUT2D eigenvalue weighted by Crippen LogP contribution is -2.07. The van der Waals surface area contributed by atoms with Gasteiger partial charge in [-0.1, -0.05) is 36.8 Å². The summed E-state index contributed by atoms with van der Waals surface area (Å²) in [6, 6.07) is 8.32. The van der Waals surface area contributed by atoms with Gasteiger partial charge in [0.25, 0.3) is 0 Å². The summed E-state index contributed by atoms with van der Waals surface area (Å²) >= 11 is 2.30. The lowest BCUT2D eigenvalue weighted by atomic mass is 10.1. The molecule has 0 unspecified atom stereocenters. The maximum atomic E-state index is 4.64. The number of nitrogens with zero attached hydrogens (tertiary/aromatic N) is 2. The van der Waals surface area contributed by atoms with Gasteiger partial charge in [0, 0.05) is 12.1 Å². The van der Waals surface area contributed by atoms with E-state index in [1.165, 1.54) is 5.56 Å². The Morgan fingerprint density at radius 1 is 1.11 bits per heavy atom. The van der Waals surface area contributed by atoms with Gasteiger partial charge in [0.2, 0.25) is 0 Å². The molecular weight excluding hydrogens is 349 g/mol. The highest BCUT2D eigenvalue weighted by Gasteiger charge is 2.10. The van der Waals surface area contributed by atoms with Crippen LogP contribution >= 0.6 is 22.6 Å². The van der Waals surface area contributed by atoms with E-state index in [-0.39, 0.29) is 0 Å². The van der Waals surface area contributed by atoms with Gasteiger partial charge < -0.3 is 5.32 Å². The Bertz CT molecular complexity index is 564. The second-order valence-corrected chi connectivity index (χ2v) is 5.67. The lowest BCUT2D eigenvalue weighted by molar-refractivity contribution is 0.958. The molecule has 0 atom stereocenters. The third-order valence-electron chi connectivity index (χ3n) is 2.87. The summed E-state index contributed by atoms with van der Waals surface area (Å²) in [4.78, 5) is 9.22. The number of anilines is 1. The number of aromatic nitrogens is 2. The molecule has 0 aliphatic carbocycles. The molecule has 0 amide bonds. The lowest BCUT2D eigenvalue weighted by Gasteiger charge is -2.11. The van der Waals surface area contributed by atoms with Crippen molar-refractivity contribution in [1.29, 1.82) is 0 Å². The van der Waals surface area contributed by atoms with Gasteiger partial charge in [0.05, 0.1) is 9.26 Å². The zero-order valence-electron chi connectivity index (χ0n) is 11.5. The molecule has 0 bridgehead atoms. The van der Waals surface area contributed by atoms with Crippen LogP contribution in [-0.2, 0) is 0 Å². The van der Waals surface area contributed by atoms with Gasteiger partial charge in [-0.3, -0.25) is 0 Å². The molecule has 2 rings (SSSR count). The van der Waals surface area contributed by atoms with E-state index >= 15 is 0 Å². The molecular formula is C15H18IN3. The van der Waals surface area contributed by atoms with Crippen molar-refractivity contribution in [2.45, 2.75) is 27.2 Å². The Balaban J connectivity index is 2.40. The Morgan fingerprint density at radius 3 is 2.42 bits per heavy atom. The van der Waals surface area contributed by atoms with Crippen molar-refractivity contribution in [2.75, 3.05) is 11.9 Å². The molecule has 0 saturated heterocycles. The SMILES string of the molecule is CCCNc1nc(-c2ccc(C)cc2)nc(C)c1I.